The van der Waals surface area contributed by atoms with Crippen LogP contribution in [0.1, 0.15) is 20.3 Å². The number of amides is 1. The first kappa shape index (κ1) is 11.0. The van der Waals surface area contributed by atoms with E-state index >= 15 is 0 Å². The first-order chi connectivity index (χ1) is 6.43. The minimum absolute atomic E-state index is 0.133. The summed E-state index contributed by atoms with van der Waals surface area (Å²) in [6, 6.07) is -0.861. The number of carboxylic acid groups (broad SMARTS) is 1. The van der Waals surface area contributed by atoms with Crippen molar-refractivity contribution in [3.05, 3.63) is 0 Å². The smallest absolute Gasteiger partial charge is 0.326 e. The molecule has 0 aromatic rings. The van der Waals surface area contributed by atoms with Gasteiger partial charge in [-0.2, -0.15) is 0 Å². The number of hydrogen-bond donors (Lipinski definition) is 2. The predicted octanol–water partition coefficient (Wildman–Crippen LogP) is -0.311. The molecule has 14 heavy (non-hydrogen) atoms. The van der Waals surface area contributed by atoms with Crippen LogP contribution >= 0.6 is 0 Å². The zero-order valence-electron chi connectivity index (χ0n) is 8.30. The Morgan fingerprint density at radius 1 is 1.43 bits per heavy atom. The number of aliphatic hydroxyl groups is 1. The average Bonchev–Trinajstić information content (AvgIpc) is 2.45. The fraction of sp³-hybridized carbons (Fsp3) is 0.778. The number of hydrogen-bond acceptors (Lipinski definition) is 3. The summed E-state index contributed by atoms with van der Waals surface area (Å²) in [4.78, 5) is 23.6. The molecule has 0 bridgehead atoms. The van der Waals surface area contributed by atoms with Gasteiger partial charge in [0.15, 0.2) is 0 Å². The molecule has 0 radical (unpaired) electrons. The van der Waals surface area contributed by atoms with Crippen LogP contribution in [0.5, 0.6) is 0 Å². The third kappa shape index (κ3) is 2.04. The fourth-order valence-electron chi connectivity index (χ4n) is 1.62. The molecule has 0 saturated carbocycles. The van der Waals surface area contributed by atoms with E-state index in [0.717, 1.165) is 0 Å². The third-order valence-electron chi connectivity index (χ3n) is 2.34. The Balaban J connectivity index is 2.76. The number of aliphatic carboxylic acids is 1. The average molecular weight is 201 g/mol. The van der Waals surface area contributed by atoms with Gasteiger partial charge in [-0.25, -0.2) is 4.79 Å². The maximum Gasteiger partial charge on any atom is 0.326 e. The highest BCUT2D eigenvalue weighted by Crippen LogP contribution is 2.20. The van der Waals surface area contributed by atoms with Gasteiger partial charge in [-0.1, -0.05) is 13.8 Å². The number of likely N-dealkylation sites (tertiary alicyclic amines) is 1. The standard InChI is InChI=1S/C9H15NO4/c1-5(2)8(12)10-4-6(11)3-7(10)9(13)14/h5-7,11H,3-4H2,1-2H3,(H,13,14). The van der Waals surface area contributed by atoms with E-state index in [4.69, 9.17) is 5.11 Å². The highest BCUT2D eigenvalue weighted by Gasteiger charge is 2.39. The van der Waals surface area contributed by atoms with Crippen molar-refractivity contribution in [2.24, 2.45) is 5.92 Å². The Labute approximate surface area is 82.3 Å². The molecule has 0 aromatic heterocycles. The van der Waals surface area contributed by atoms with E-state index in [9.17, 15) is 14.7 Å². The lowest BCUT2D eigenvalue weighted by molar-refractivity contribution is -0.149. The number of carbonyl (C=O) groups excluding carboxylic acids is 1. The molecule has 1 aliphatic rings. The van der Waals surface area contributed by atoms with Gasteiger partial charge < -0.3 is 15.1 Å². The molecule has 1 fully saturated rings. The lowest BCUT2D eigenvalue weighted by Gasteiger charge is -2.22. The molecule has 1 saturated heterocycles. The van der Waals surface area contributed by atoms with Gasteiger partial charge in [0, 0.05) is 18.9 Å². The van der Waals surface area contributed by atoms with Gasteiger partial charge in [0.25, 0.3) is 0 Å². The number of rotatable bonds is 2. The van der Waals surface area contributed by atoms with Gasteiger partial charge in [0.1, 0.15) is 6.04 Å². The van der Waals surface area contributed by atoms with Crippen LogP contribution in [0.2, 0.25) is 0 Å². The predicted molar refractivity (Wildman–Crippen MR) is 48.6 cm³/mol. The van der Waals surface area contributed by atoms with Crippen molar-refractivity contribution >= 4 is 11.9 Å². The van der Waals surface area contributed by atoms with Crippen LogP contribution in [-0.2, 0) is 9.59 Å². The van der Waals surface area contributed by atoms with Crippen molar-refractivity contribution in [2.45, 2.75) is 32.4 Å². The van der Waals surface area contributed by atoms with Gasteiger partial charge in [0.2, 0.25) is 5.91 Å². The largest absolute Gasteiger partial charge is 0.480 e. The van der Waals surface area contributed by atoms with Crippen LogP contribution in [0.4, 0.5) is 0 Å². The summed E-state index contributed by atoms with van der Waals surface area (Å²) in [5, 5.41) is 18.1. The summed E-state index contributed by atoms with van der Waals surface area (Å²) < 4.78 is 0. The molecule has 1 rings (SSSR count). The Morgan fingerprint density at radius 2 is 2.00 bits per heavy atom. The molecule has 0 aliphatic carbocycles. The summed E-state index contributed by atoms with van der Waals surface area (Å²) in [5.41, 5.74) is 0. The molecule has 2 N–H and O–H groups in total. The fourth-order valence-corrected chi connectivity index (χ4v) is 1.62. The van der Waals surface area contributed by atoms with Gasteiger partial charge in [0.05, 0.1) is 6.10 Å². The van der Waals surface area contributed by atoms with E-state index in [2.05, 4.69) is 0 Å². The Kier molecular flexibility index (Phi) is 3.10. The van der Waals surface area contributed by atoms with Crippen molar-refractivity contribution in [3.8, 4) is 0 Å². The summed E-state index contributed by atoms with van der Waals surface area (Å²) in [6.45, 7) is 3.56. The first-order valence-electron chi connectivity index (χ1n) is 4.64. The molecular formula is C9H15NO4. The SMILES string of the molecule is CC(C)C(=O)N1CC(O)CC1C(=O)O. The number of carbonyl (C=O) groups is 2. The second-order valence-corrected chi connectivity index (χ2v) is 3.89. The van der Waals surface area contributed by atoms with Crippen LogP contribution < -0.4 is 0 Å². The van der Waals surface area contributed by atoms with Gasteiger partial charge in [-0.05, 0) is 0 Å². The van der Waals surface area contributed by atoms with E-state index in [1.807, 2.05) is 0 Å². The third-order valence-corrected chi connectivity index (χ3v) is 2.34. The summed E-state index contributed by atoms with van der Waals surface area (Å²) in [7, 11) is 0. The van der Waals surface area contributed by atoms with E-state index in [1.165, 1.54) is 4.90 Å². The monoisotopic (exact) mass is 201 g/mol. The van der Waals surface area contributed by atoms with Crippen LogP contribution in [0.25, 0.3) is 0 Å². The van der Waals surface area contributed by atoms with Crippen molar-refractivity contribution in [3.63, 3.8) is 0 Å². The number of β-amino-alcohol motifs (C(OH)–C–C–N with tert-alkyl or cyclic N) is 1. The summed E-state index contributed by atoms with van der Waals surface area (Å²) in [5.74, 6) is -1.49. The molecule has 5 heteroatoms. The zero-order valence-corrected chi connectivity index (χ0v) is 8.30. The number of aliphatic hydroxyl groups excluding tert-OH is 1. The lowest BCUT2D eigenvalue weighted by atomic mass is 10.1. The van der Waals surface area contributed by atoms with E-state index < -0.39 is 18.1 Å². The van der Waals surface area contributed by atoms with Gasteiger partial charge in [-0.3, -0.25) is 4.79 Å². The molecule has 1 heterocycles. The molecule has 2 atom stereocenters. The highest BCUT2D eigenvalue weighted by atomic mass is 16.4. The molecular weight excluding hydrogens is 186 g/mol. The van der Waals surface area contributed by atoms with Crippen LogP contribution in [0, 0.1) is 5.92 Å². The van der Waals surface area contributed by atoms with Crippen molar-refractivity contribution in [1.82, 2.24) is 4.90 Å². The minimum Gasteiger partial charge on any atom is -0.480 e. The van der Waals surface area contributed by atoms with E-state index in [-0.39, 0.29) is 24.8 Å². The Morgan fingerprint density at radius 3 is 2.43 bits per heavy atom. The van der Waals surface area contributed by atoms with E-state index in [1.54, 1.807) is 13.8 Å². The Hall–Kier alpha value is -1.10. The van der Waals surface area contributed by atoms with Gasteiger partial charge in [-0.15, -0.1) is 0 Å². The molecule has 1 amide bonds. The van der Waals surface area contributed by atoms with E-state index in [0.29, 0.717) is 0 Å². The lowest BCUT2D eigenvalue weighted by Crippen LogP contribution is -2.42. The summed E-state index contributed by atoms with van der Waals surface area (Å²) in [6.07, 6.45) is -0.577. The quantitative estimate of drug-likeness (QED) is 0.642. The highest BCUT2D eigenvalue weighted by molar-refractivity contribution is 5.85. The van der Waals surface area contributed by atoms with Crippen molar-refractivity contribution in [1.29, 1.82) is 0 Å². The minimum atomic E-state index is -1.05. The maximum absolute atomic E-state index is 11.6. The van der Waals surface area contributed by atoms with Crippen LogP contribution in [0.3, 0.4) is 0 Å². The normalized spacial score (nSPS) is 27.0. The number of nitrogens with zero attached hydrogens (tertiary/aromatic N) is 1. The van der Waals surface area contributed by atoms with Gasteiger partial charge >= 0.3 is 5.97 Å². The molecule has 0 spiro atoms. The van der Waals surface area contributed by atoms with Crippen LogP contribution in [0.15, 0.2) is 0 Å². The topological polar surface area (TPSA) is 77.8 Å². The molecule has 80 valence electrons. The molecule has 1 aliphatic heterocycles. The van der Waals surface area contributed by atoms with Crippen LogP contribution in [-0.4, -0.2) is 45.7 Å². The van der Waals surface area contributed by atoms with Crippen molar-refractivity contribution < 1.29 is 19.8 Å². The Bertz CT molecular complexity index is 251. The number of carboxylic acids is 1. The maximum atomic E-state index is 11.6. The zero-order chi connectivity index (χ0) is 10.9. The molecule has 2 unspecified atom stereocenters. The van der Waals surface area contributed by atoms with Crippen molar-refractivity contribution in [2.75, 3.05) is 6.54 Å². The second kappa shape index (κ2) is 3.96. The second-order valence-electron chi connectivity index (χ2n) is 3.89. The molecule has 5 nitrogen and oxygen atoms in total. The molecule has 0 aromatic carbocycles. The first-order valence-corrected chi connectivity index (χ1v) is 4.64. The summed E-state index contributed by atoms with van der Waals surface area (Å²) >= 11 is 0.